The molecule has 2 unspecified atom stereocenters. The fourth-order valence-electron chi connectivity index (χ4n) is 9.78. The van der Waals surface area contributed by atoms with E-state index < -0.39 is 97.5 Å². The Balaban J connectivity index is 5.23. The molecule has 3 N–H and O–H groups in total. The number of hydrogen-bond donors (Lipinski definition) is 3. The van der Waals surface area contributed by atoms with Gasteiger partial charge in [-0.25, -0.2) is 9.13 Å². The van der Waals surface area contributed by atoms with Gasteiger partial charge in [-0.2, -0.15) is 0 Å². The highest BCUT2D eigenvalue weighted by molar-refractivity contribution is 7.47. The lowest BCUT2D eigenvalue weighted by molar-refractivity contribution is -0.161. The van der Waals surface area contributed by atoms with E-state index in [-0.39, 0.29) is 25.7 Å². The summed E-state index contributed by atoms with van der Waals surface area (Å²) in [6.45, 7) is 13.9. The SMILES string of the molecule is CC(C)CCCCCCCCCCCCCCC(=O)O[C@H](COC(=O)CCCCCCCCC(C)C)COP(=O)(O)OC[C@H](O)COP(=O)(O)OC[C@@H](COC(=O)CCCCCCCCCC(C)C)OC(=O)CCCCCCCCCCC(C)C. The molecule has 0 heterocycles. The fourth-order valence-corrected chi connectivity index (χ4v) is 11.4. The molecular formula is C66H128O17P2. The van der Waals surface area contributed by atoms with Gasteiger partial charge < -0.3 is 33.8 Å². The first-order valence-corrected chi connectivity index (χ1v) is 37.2. The Bertz CT molecular complexity index is 1700. The second-order valence-corrected chi connectivity index (χ2v) is 28.7. The van der Waals surface area contributed by atoms with Crippen LogP contribution in [-0.2, 0) is 65.4 Å². The largest absolute Gasteiger partial charge is 0.472 e. The van der Waals surface area contributed by atoms with E-state index in [0.29, 0.717) is 37.5 Å². The molecule has 504 valence electrons. The van der Waals surface area contributed by atoms with Crippen molar-refractivity contribution in [1.29, 1.82) is 0 Å². The molecule has 0 bridgehead atoms. The van der Waals surface area contributed by atoms with Crippen LogP contribution in [0.4, 0.5) is 0 Å². The van der Waals surface area contributed by atoms with Gasteiger partial charge >= 0.3 is 39.5 Å². The number of unbranched alkanes of at least 4 members (excludes halogenated alkanes) is 29. The Kier molecular flexibility index (Phi) is 54.8. The second kappa shape index (κ2) is 56.1. The maximum atomic E-state index is 13.0. The molecule has 0 aromatic carbocycles. The molecule has 0 spiro atoms. The minimum Gasteiger partial charge on any atom is -0.462 e. The molecule has 85 heavy (non-hydrogen) atoms. The predicted molar refractivity (Wildman–Crippen MR) is 340 cm³/mol. The number of hydrogen-bond acceptors (Lipinski definition) is 15. The number of aliphatic hydroxyl groups excluding tert-OH is 1. The monoisotopic (exact) mass is 1250 g/mol. The summed E-state index contributed by atoms with van der Waals surface area (Å²) in [5.41, 5.74) is 0. The van der Waals surface area contributed by atoms with E-state index in [1.165, 1.54) is 109 Å². The molecule has 0 aliphatic carbocycles. The van der Waals surface area contributed by atoms with E-state index in [9.17, 15) is 43.2 Å². The molecule has 0 radical (unpaired) electrons. The van der Waals surface area contributed by atoms with E-state index in [4.69, 9.17) is 37.0 Å². The van der Waals surface area contributed by atoms with Crippen molar-refractivity contribution in [3.63, 3.8) is 0 Å². The van der Waals surface area contributed by atoms with Crippen LogP contribution >= 0.6 is 15.6 Å². The summed E-state index contributed by atoms with van der Waals surface area (Å²) in [7, 11) is -9.89. The van der Waals surface area contributed by atoms with Gasteiger partial charge in [-0.05, 0) is 49.4 Å². The summed E-state index contributed by atoms with van der Waals surface area (Å²) in [6, 6.07) is 0. The van der Waals surface area contributed by atoms with Crippen LogP contribution < -0.4 is 0 Å². The zero-order chi connectivity index (χ0) is 63.2. The molecular weight excluding hydrogens is 1130 g/mol. The second-order valence-electron chi connectivity index (χ2n) is 25.8. The third-order valence-corrected chi connectivity index (χ3v) is 17.0. The van der Waals surface area contributed by atoms with Crippen molar-refractivity contribution < 1.29 is 80.2 Å². The van der Waals surface area contributed by atoms with Crippen LogP contribution in [0.2, 0.25) is 0 Å². The molecule has 0 amide bonds. The van der Waals surface area contributed by atoms with Gasteiger partial charge in [0.05, 0.1) is 26.4 Å². The Morgan fingerprint density at radius 2 is 0.494 bits per heavy atom. The number of aliphatic hydroxyl groups is 1. The minimum atomic E-state index is -4.95. The molecule has 0 aromatic heterocycles. The minimum absolute atomic E-state index is 0.103. The molecule has 0 saturated heterocycles. The van der Waals surface area contributed by atoms with Crippen molar-refractivity contribution in [3.05, 3.63) is 0 Å². The van der Waals surface area contributed by atoms with Crippen LogP contribution in [0.25, 0.3) is 0 Å². The van der Waals surface area contributed by atoms with Gasteiger partial charge in [0.25, 0.3) is 0 Å². The first kappa shape index (κ1) is 83.1. The van der Waals surface area contributed by atoms with Crippen molar-refractivity contribution in [2.75, 3.05) is 39.6 Å². The third-order valence-electron chi connectivity index (χ3n) is 15.1. The zero-order valence-electron chi connectivity index (χ0n) is 55.2. The van der Waals surface area contributed by atoms with Gasteiger partial charge in [-0.1, -0.05) is 267 Å². The van der Waals surface area contributed by atoms with Crippen molar-refractivity contribution in [2.24, 2.45) is 23.7 Å². The first-order chi connectivity index (χ1) is 40.6. The maximum Gasteiger partial charge on any atom is 0.472 e. The first-order valence-electron chi connectivity index (χ1n) is 34.2. The summed E-state index contributed by atoms with van der Waals surface area (Å²) in [5, 5.41) is 10.5. The van der Waals surface area contributed by atoms with Crippen LogP contribution in [0.1, 0.15) is 319 Å². The number of ether oxygens (including phenoxy) is 4. The molecule has 0 aliphatic heterocycles. The van der Waals surface area contributed by atoms with E-state index in [1.807, 2.05) is 0 Å². The third kappa shape index (κ3) is 60.7. The van der Waals surface area contributed by atoms with Gasteiger partial charge in [0.1, 0.15) is 19.3 Å². The van der Waals surface area contributed by atoms with Crippen molar-refractivity contribution >= 4 is 39.5 Å². The standard InChI is InChI=1S/C66H128O17P2/c1-56(2)42-34-26-18-13-11-9-10-12-14-21-32-40-48-65(70)82-62(53-77-64(69)47-39-31-25-24-29-37-45-59(7)8)55-81-85(74,75)79-51-60(67)50-78-84(72,73)80-54-61(52-76-63(68)46-38-30-23-17-20-28-36-44-58(5)6)83-66(71)49-41-33-22-16-15-19-27-35-43-57(3)4/h56-62,67H,9-55H2,1-8H3,(H,72,73)(H,74,75)/t60-,61-,62-/m1/s1. The number of phosphoric ester groups is 2. The molecule has 0 saturated carbocycles. The Morgan fingerprint density at radius 1 is 0.294 bits per heavy atom. The summed E-state index contributed by atoms with van der Waals surface area (Å²) < 4.78 is 68.0. The van der Waals surface area contributed by atoms with E-state index >= 15 is 0 Å². The van der Waals surface area contributed by atoms with Crippen LogP contribution in [0.3, 0.4) is 0 Å². The lowest BCUT2D eigenvalue weighted by atomic mass is 10.0. The lowest BCUT2D eigenvalue weighted by Gasteiger charge is -2.21. The molecule has 0 rings (SSSR count). The Morgan fingerprint density at radius 3 is 0.729 bits per heavy atom. The average molecular weight is 1260 g/mol. The van der Waals surface area contributed by atoms with Crippen molar-refractivity contribution in [3.8, 4) is 0 Å². The van der Waals surface area contributed by atoms with E-state index in [0.717, 1.165) is 115 Å². The van der Waals surface area contributed by atoms with Gasteiger partial charge in [0, 0.05) is 25.7 Å². The molecule has 0 aromatic rings. The van der Waals surface area contributed by atoms with Crippen LogP contribution in [0.15, 0.2) is 0 Å². The topological polar surface area (TPSA) is 237 Å². The number of rotatable bonds is 63. The normalized spacial score (nSPS) is 14.4. The average Bonchev–Trinajstić information content (AvgIpc) is 3.56. The van der Waals surface area contributed by atoms with Crippen LogP contribution in [0.5, 0.6) is 0 Å². The van der Waals surface area contributed by atoms with Gasteiger partial charge in [0.2, 0.25) is 0 Å². The van der Waals surface area contributed by atoms with Gasteiger partial charge in [-0.3, -0.25) is 37.3 Å². The van der Waals surface area contributed by atoms with E-state index in [2.05, 4.69) is 55.4 Å². The summed E-state index contributed by atoms with van der Waals surface area (Å²) in [6.07, 6.45) is 36.5. The van der Waals surface area contributed by atoms with Crippen LogP contribution in [0, 0.1) is 23.7 Å². The lowest BCUT2D eigenvalue weighted by Crippen LogP contribution is -2.30. The molecule has 0 fully saturated rings. The molecule has 17 nitrogen and oxygen atoms in total. The Labute approximate surface area is 517 Å². The number of carbonyl (C=O) groups excluding carboxylic acids is 4. The molecule has 0 aliphatic rings. The van der Waals surface area contributed by atoms with Crippen LogP contribution in [-0.4, -0.2) is 96.7 Å². The van der Waals surface area contributed by atoms with Gasteiger partial charge in [0.15, 0.2) is 12.2 Å². The molecule has 19 heteroatoms. The summed E-state index contributed by atoms with van der Waals surface area (Å²) in [5.74, 6) is 0.741. The number of carbonyl (C=O) groups is 4. The van der Waals surface area contributed by atoms with Crippen molar-refractivity contribution in [2.45, 2.75) is 337 Å². The molecule has 5 atom stereocenters. The predicted octanol–water partition coefficient (Wildman–Crippen LogP) is 18.1. The fraction of sp³-hybridized carbons (Fsp3) is 0.939. The number of phosphoric acid groups is 2. The highest BCUT2D eigenvalue weighted by Gasteiger charge is 2.30. The Hall–Kier alpha value is -1.94. The maximum absolute atomic E-state index is 13.0. The summed E-state index contributed by atoms with van der Waals surface area (Å²) >= 11 is 0. The summed E-state index contributed by atoms with van der Waals surface area (Å²) in [4.78, 5) is 72.3. The quantitative estimate of drug-likeness (QED) is 0.0222. The number of esters is 4. The van der Waals surface area contributed by atoms with Crippen molar-refractivity contribution in [1.82, 2.24) is 0 Å². The van der Waals surface area contributed by atoms with Gasteiger partial charge in [-0.15, -0.1) is 0 Å². The highest BCUT2D eigenvalue weighted by atomic mass is 31.2. The smallest absolute Gasteiger partial charge is 0.462 e. The zero-order valence-corrected chi connectivity index (χ0v) is 57.0. The highest BCUT2D eigenvalue weighted by Crippen LogP contribution is 2.45. The van der Waals surface area contributed by atoms with E-state index in [1.54, 1.807) is 0 Å².